The van der Waals surface area contributed by atoms with Crippen LogP contribution in [0.4, 0.5) is 10.8 Å². The number of amides is 1. The van der Waals surface area contributed by atoms with Crippen LogP contribution in [0.2, 0.25) is 0 Å². The maximum atomic E-state index is 12.7. The number of aromatic nitrogens is 1. The summed E-state index contributed by atoms with van der Waals surface area (Å²) >= 11 is 1.37. The van der Waals surface area contributed by atoms with Crippen molar-refractivity contribution in [2.24, 2.45) is 0 Å². The summed E-state index contributed by atoms with van der Waals surface area (Å²) in [6.07, 6.45) is 0. The Labute approximate surface area is 201 Å². The third-order valence-electron chi connectivity index (χ3n) is 5.01. The van der Waals surface area contributed by atoms with E-state index in [0.717, 1.165) is 16.1 Å². The van der Waals surface area contributed by atoms with Crippen LogP contribution in [0, 0.1) is 6.92 Å². The molecule has 0 bridgehead atoms. The van der Waals surface area contributed by atoms with Gasteiger partial charge in [0.25, 0.3) is 15.9 Å². The minimum atomic E-state index is -3.89. The summed E-state index contributed by atoms with van der Waals surface area (Å²) in [5, 5.41) is 3.24. The number of carbonyl (C=O) groups excluding carboxylic acids is 2. The highest BCUT2D eigenvalue weighted by atomic mass is 32.2. The lowest BCUT2D eigenvalue weighted by Crippen LogP contribution is -2.15. The molecule has 0 spiro atoms. The zero-order valence-electron chi connectivity index (χ0n) is 18.4. The molecule has 9 heteroatoms. The molecule has 7 nitrogen and oxygen atoms in total. The van der Waals surface area contributed by atoms with E-state index in [0.29, 0.717) is 16.3 Å². The van der Waals surface area contributed by atoms with Crippen LogP contribution in [0.25, 0.3) is 11.3 Å². The van der Waals surface area contributed by atoms with Crippen LogP contribution in [0.3, 0.4) is 0 Å². The fourth-order valence-electron chi connectivity index (χ4n) is 3.28. The largest absolute Gasteiger partial charge is 0.298 e. The van der Waals surface area contributed by atoms with Crippen molar-refractivity contribution < 1.29 is 18.0 Å². The minimum absolute atomic E-state index is 0.00580. The highest BCUT2D eigenvalue weighted by Crippen LogP contribution is 2.30. The molecule has 0 aliphatic heterocycles. The molecule has 0 aliphatic rings. The predicted molar refractivity (Wildman–Crippen MR) is 134 cm³/mol. The van der Waals surface area contributed by atoms with Crippen LogP contribution in [-0.4, -0.2) is 25.1 Å². The molecule has 4 aromatic rings. The van der Waals surface area contributed by atoms with Crippen LogP contribution < -0.4 is 10.0 Å². The summed E-state index contributed by atoms with van der Waals surface area (Å²) in [4.78, 5) is 29.7. The second-order valence-electron chi connectivity index (χ2n) is 7.51. The van der Waals surface area contributed by atoms with Gasteiger partial charge in [-0.05, 0) is 50.2 Å². The van der Waals surface area contributed by atoms with Gasteiger partial charge in [-0.2, -0.15) is 0 Å². The monoisotopic (exact) mass is 491 g/mol. The van der Waals surface area contributed by atoms with Crippen LogP contribution >= 0.6 is 11.3 Å². The lowest BCUT2D eigenvalue weighted by molar-refractivity contribution is 0.101. The normalized spacial score (nSPS) is 11.1. The highest BCUT2D eigenvalue weighted by Gasteiger charge is 2.17. The van der Waals surface area contributed by atoms with Gasteiger partial charge in [0, 0.05) is 27.3 Å². The van der Waals surface area contributed by atoms with Gasteiger partial charge in [0.1, 0.15) is 0 Å². The summed E-state index contributed by atoms with van der Waals surface area (Å²) in [6, 6.07) is 21.5. The number of hydrogen-bond acceptors (Lipinski definition) is 6. The number of ketones is 1. The highest BCUT2D eigenvalue weighted by molar-refractivity contribution is 7.92. The van der Waals surface area contributed by atoms with Crippen LogP contribution in [0.1, 0.15) is 32.5 Å². The molecule has 0 saturated heterocycles. The molecule has 0 atom stereocenters. The predicted octanol–water partition coefficient (Wildman–Crippen LogP) is 5.37. The topological polar surface area (TPSA) is 105 Å². The average Bonchev–Trinajstić information content (AvgIpc) is 3.19. The molecule has 0 fully saturated rings. The molecule has 172 valence electrons. The number of aryl methyl sites for hydroxylation is 1. The fourth-order valence-corrected chi connectivity index (χ4v) is 5.16. The van der Waals surface area contributed by atoms with Gasteiger partial charge in [-0.15, -0.1) is 11.3 Å². The molecule has 34 heavy (non-hydrogen) atoms. The molecule has 2 N–H and O–H groups in total. The number of anilines is 2. The summed E-state index contributed by atoms with van der Waals surface area (Å²) in [5.41, 5.74) is 2.75. The molecule has 0 radical (unpaired) electrons. The Morgan fingerprint density at radius 1 is 0.882 bits per heavy atom. The lowest BCUT2D eigenvalue weighted by Gasteiger charge is -2.09. The second-order valence-corrected chi connectivity index (χ2v) is 10.4. The SMILES string of the molecule is CC(=O)c1cccc(NS(=O)(=O)c2ccc(C(=O)Nc3nc(-c4ccccc4)c(C)s3)cc2)c1. The Morgan fingerprint density at radius 2 is 1.59 bits per heavy atom. The van der Waals surface area contributed by atoms with E-state index < -0.39 is 10.0 Å². The van der Waals surface area contributed by atoms with Gasteiger partial charge in [-0.25, -0.2) is 13.4 Å². The Morgan fingerprint density at radius 3 is 2.26 bits per heavy atom. The van der Waals surface area contributed by atoms with E-state index in [1.54, 1.807) is 18.2 Å². The van der Waals surface area contributed by atoms with Crippen molar-refractivity contribution in [1.29, 1.82) is 0 Å². The van der Waals surface area contributed by atoms with Crippen LogP contribution in [-0.2, 0) is 10.0 Å². The van der Waals surface area contributed by atoms with E-state index in [2.05, 4.69) is 15.0 Å². The van der Waals surface area contributed by atoms with Gasteiger partial charge >= 0.3 is 0 Å². The smallest absolute Gasteiger partial charge is 0.261 e. The molecule has 3 aromatic carbocycles. The molecule has 1 amide bonds. The molecule has 0 unspecified atom stereocenters. The molecular weight excluding hydrogens is 470 g/mol. The first kappa shape index (κ1) is 23.3. The fraction of sp³-hybridized carbons (Fsp3) is 0.0800. The molecule has 1 heterocycles. The quantitative estimate of drug-likeness (QED) is 0.338. The number of nitrogens with zero attached hydrogens (tertiary/aromatic N) is 1. The van der Waals surface area contributed by atoms with Gasteiger partial charge in [0.15, 0.2) is 10.9 Å². The number of hydrogen-bond donors (Lipinski definition) is 2. The average molecular weight is 492 g/mol. The Balaban J connectivity index is 1.47. The second kappa shape index (κ2) is 9.58. The van der Waals surface area contributed by atoms with E-state index in [9.17, 15) is 18.0 Å². The van der Waals surface area contributed by atoms with Crippen molar-refractivity contribution in [2.45, 2.75) is 18.7 Å². The van der Waals surface area contributed by atoms with Crippen molar-refractivity contribution in [2.75, 3.05) is 10.0 Å². The Hall–Kier alpha value is -3.82. The number of nitrogens with one attached hydrogen (secondary N) is 2. The van der Waals surface area contributed by atoms with E-state index in [1.165, 1.54) is 48.6 Å². The van der Waals surface area contributed by atoms with Crippen molar-refractivity contribution >= 4 is 43.9 Å². The number of rotatable bonds is 7. The first-order chi connectivity index (χ1) is 16.2. The van der Waals surface area contributed by atoms with Gasteiger partial charge in [-0.1, -0.05) is 42.5 Å². The lowest BCUT2D eigenvalue weighted by atomic mass is 10.1. The van der Waals surface area contributed by atoms with E-state index in [1.807, 2.05) is 37.3 Å². The van der Waals surface area contributed by atoms with Crippen LogP contribution in [0.5, 0.6) is 0 Å². The summed E-state index contributed by atoms with van der Waals surface area (Å²) in [5.74, 6) is -0.554. The molecule has 0 aliphatic carbocycles. The molecular formula is C25H21N3O4S2. The van der Waals surface area contributed by atoms with Crippen molar-refractivity contribution in [3.63, 3.8) is 0 Å². The maximum absolute atomic E-state index is 12.7. The van der Waals surface area contributed by atoms with Crippen molar-refractivity contribution in [3.8, 4) is 11.3 Å². The van der Waals surface area contributed by atoms with Gasteiger partial charge < -0.3 is 0 Å². The third kappa shape index (κ3) is 5.22. The van der Waals surface area contributed by atoms with E-state index >= 15 is 0 Å². The zero-order chi connectivity index (χ0) is 24.3. The number of sulfonamides is 1. The van der Waals surface area contributed by atoms with E-state index in [4.69, 9.17) is 0 Å². The zero-order valence-corrected chi connectivity index (χ0v) is 20.0. The standard InChI is InChI=1S/C25H21N3O4S2/c1-16(29)20-9-6-10-21(15-20)28-34(31,32)22-13-11-19(12-14-22)24(30)27-25-26-23(17(2)33-25)18-7-4-3-5-8-18/h3-15,28H,1-2H3,(H,26,27,30). The van der Waals surface area contributed by atoms with E-state index in [-0.39, 0.29) is 22.3 Å². The number of benzene rings is 3. The molecule has 0 saturated carbocycles. The first-order valence-corrected chi connectivity index (χ1v) is 12.6. The Kier molecular flexibility index (Phi) is 6.58. The maximum Gasteiger partial charge on any atom is 0.261 e. The summed E-state index contributed by atoms with van der Waals surface area (Å²) < 4.78 is 27.9. The van der Waals surface area contributed by atoms with Gasteiger partial charge in [0.2, 0.25) is 0 Å². The molecule has 4 rings (SSSR count). The number of thiazole rings is 1. The summed E-state index contributed by atoms with van der Waals surface area (Å²) in [6.45, 7) is 3.35. The van der Waals surface area contributed by atoms with Crippen LogP contribution in [0.15, 0.2) is 83.8 Å². The Bertz CT molecular complexity index is 1460. The molecule has 1 aromatic heterocycles. The number of carbonyl (C=O) groups is 2. The van der Waals surface area contributed by atoms with Crippen molar-refractivity contribution in [1.82, 2.24) is 4.98 Å². The first-order valence-electron chi connectivity index (χ1n) is 10.3. The summed E-state index contributed by atoms with van der Waals surface area (Å²) in [7, 11) is -3.89. The number of Topliss-reactive ketones (excluding diaryl/α,β-unsaturated/α-hetero) is 1. The third-order valence-corrected chi connectivity index (χ3v) is 7.30. The van der Waals surface area contributed by atoms with Crippen molar-refractivity contribution in [3.05, 3.63) is 94.9 Å². The minimum Gasteiger partial charge on any atom is -0.298 e. The van der Waals surface area contributed by atoms with Gasteiger partial charge in [-0.3, -0.25) is 19.6 Å². The van der Waals surface area contributed by atoms with Gasteiger partial charge in [0.05, 0.1) is 10.6 Å².